The lowest BCUT2D eigenvalue weighted by Gasteiger charge is -2.01. The number of rotatable bonds is 6. The van der Waals surface area contributed by atoms with E-state index in [2.05, 4.69) is 14.7 Å². The van der Waals surface area contributed by atoms with E-state index >= 15 is 0 Å². The number of carbonyl (C=O) groups excluding carboxylic acids is 1. The van der Waals surface area contributed by atoms with Gasteiger partial charge in [0, 0.05) is 28.0 Å². The monoisotopic (exact) mass is 366 g/mol. The van der Waals surface area contributed by atoms with Gasteiger partial charge in [-0.1, -0.05) is 17.8 Å². The second kappa shape index (κ2) is 7.29. The molecule has 0 aromatic carbocycles. The fraction of sp³-hybridized carbons (Fsp3) is 0.267. The first-order valence-electron chi connectivity index (χ1n) is 6.94. The van der Waals surface area contributed by atoms with Crippen molar-refractivity contribution in [2.75, 3.05) is 12.9 Å². The summed E-state index contributed by atoms with van der Waals surface area (Å²) in [5.41, 5.74) is 0.825. The molecular weight excluding hydrogens is 352 g/mol. The van der Waals surface area contributed by atoms with Gasteiger partial charge in [-0.3, -0.25) is 9.59 Å². The predicted octanol–water partition coefficient (Wildman–Crippen LogP) is 3.76. The largest absolute Gasteiger partial charge is 0.469 e. The molecule has 8 heteroatoms. The number of aromatic amines is 1. The number of esters is 1. The van der Waals surface area contributed by atoms with Crippen molar-refractivity contribution in [1.29, 1.82) is 0 Å². The van der Waals surface area contributed by atoms with Gasteiger partial charge >= 0.3 is 5.97 Å². The molecule has 0 saturated carbocycles. The highest BCUT2D eigenvalue weighted by molar-refractivity contribution is 7.99. The Morgan fingerprint density at radius 2 is 2.30 bits per heavy atom. The third-order valence-corrected chi connectivity index (χ3v) is 5.94. The summed E-state index contributed by atoms with van der Waals surface area (Å²) < 4.78 is 4.60. The van der Waals surface area contributed by atoms with Crippen molar-refractivity contribution in [3.05, 3.63) is 33.2 Å². The number of ether oxygens (including phenoxy) is 1. The van der Waals surface area contributed by atoms with E-state index in [1.165, 1.54) is 30.2 Å². The maximum Gasteiger partial charge on any atom is 0.305 e. The van der Waals surface area contributed by atoms with Crippen molar-refractivity contribution in [3.63, 3.8) is 0 Å². The average Bonchev–Trinajstić information content (AvgIpc) is 3.20. The lowest BCUT2D eigenvalue weighted by molar-refractivity contribution is -0.140. The number of hydrogen-bond acceptors (Lipinski definition) is 7. The summed E-state index contributed by atoms with van der Waals surface area (Å²) in [4.78, 5) is 32.6. The second-order valence-corrected chi connectivity index (χ2v) is 7.60. The van der Waals surface area contributed by atoms with Crippen molar-refractivity contribution in [2.45, 2.75) is 18.0 Å². The number of carbonyl (C=O) groups is 1. The van der Waals surface area contributed by atoms with Gasteiger partial charge < -0.3 is 9.72 Å². The van der Waals surface area contributed by atoms with Crippen molar-refractivity contribution in [2.24, 2.45) is 0 Å². The minimum atomic E-state index is -0.221. The van der Waals surface area contributed by atoms with E-state index in [9.17, 15) is 9.59 Å². The zero-order valence-electron chi connectivity index (χ0n) is 12.3. The Labute approximate surface area is 144 Å². The third kappa shape index (κ3) is 3.65. The quantitative estimate of drug-likeness (QED) is 0.311. The number of nitrogens with zero attached hydrogens (tertiary/aromatic N) is 1. The van der Waals surface area contributed by atoms with Gasteiger partial charge in [0.2, 0.25) is 0 Å². The number of thiophene rings is 2. The summed E-state index contributed by atoms with van der Waals surface area (Å²) in [5, 5.41) is 5.21. The number of aromatic nitrogens is 2. The van der Waals surface area contributed by atoms with Crippen molar-refractivity contribution < 1.29 is 9.53 Å². The average molecular weight is 366 g/mol. The molecular formula is C15H14N2O3S3. The van der Waals surface area contributed by atoms with Crippen LogP contribution in [0.4, 0.5) is 0 Å². The van der Waals surface area contributed by atoms with Gasteiger partial charge in [-0.15, -0.1) is 22.7 Å². The van der Waals surface area contributed by atoms with E-state index in [0.29, 0.717) is 29.1 Å². The summed E-state index contributed by atoms with van der Waals surface area (Å²) in [6.45, 7) is 0. The van der Waals surface area contributed by atoms with Crippen LogP contribution in [0.2, 0.25) is 0 Å². The molecule has 120 valence electrons. The van der Waals surface area contributed by atoms with E-state index in [0.717, 1.165) is 15.3 Å². The summed E-state index contributed by atoms with van der Waals surface area (Å²) >= 11 is 4.53. The Kier molecular flexibility index (Phi) is 5.14. The maximum atomic E-state index is 12.4. The molecule has 0 unspecified atom stereocenters. The molecule has 0 spiro atoms. The highest BCUT2D eigenvalue weighted by atomic mass is 32.2. The molecule has 5 nitrogen and oxygen atoms in total. The molecule has 0 aliphatic rings. The Bertz CT molecular complexity index is 868. The van der Waals surface area contributed by atoms with Crippen LogP contribution >= 0.6 is 34.4 Å². The Morgan fingerprint density at radius 1 is 1.43 bits per heavy atom. The first-order valence-corrected chi connectivity index (χ1v) is 9.68. The van der Waals surface area contributed by atoms with Gasteiger partial charge in [-0.05, 0) is 17.9 Å². The molecule has 3 rings (SSSR count). The second-order valence-electron chi connectivity index (χ2n) is 4.71. The zero-order valence-corrected chi connectivity index (χ0v) is 14.8. The molecule has 0 saturated heterocycles. The molecule has 23 heavy (non-hydrogen) atoms. The van der Waals surface area contributed by atoms with Gasteiger partial charge in [0.15, 0.2) is 5.16 Å². The lowest BCUT2D eigenvalue weighted by atomic mass is 10.2. The van der Waals surface area contributed by atoms with Crippen LogP contribution in [0.1, 0.15) is 12.8 Å². The van der Waals surface area contributed by atoms with Gasteiger partial charge in [0.1, 0.15) is 4.83 Å². The Hall–Kier alpha value is -1.64. The molecule has 3 aromatic heterocycles. The van der Waals surface area contributed by atoms with Crippen LogP contribution in [0.3, 0.4) is 0 Å². The molecule has 3 aromatic rings. The number of thioether (sulfide) groups is 1. The molecule has 0 fully saturated rings. The number of methoxy groups -OCH3 is 1. The summed E-state index contributed by atoms with van der Waals surface area (Å²) in [5.74, 6) is 0.480. The van der Waals surface area contributed by atoms with Crippen LogP contribution in [-0.4, -0.2) is 28.8 Å². The van der Waals surface area contributed by atoms with Crippen LogP contribution < -0.4 is 5.56 Å². The smallest absolute Gasteiger partial charge is 0.305 e. The molecule has 1 N–H and O–H groups in total. The number of hydrogen-bond donors (Lipinski definition) is 1. The first-order chi connectivity index (χ1) is 11.2. The highest BCUT2D eigenvalue weighted by Crippen LogP contribution is 2.34. The van der Waals surface area contributed by atoms with Crippen LogP contribution in [0.15, 0.2) is 32.8 Å². The van der Waals surface area contributed by atoms with E-state index in [1.807, 2.05) is 22.9 Å². The van der Waals surface area contributed by atoms with Gasteiger partial charge in [0.25, 0.3) is 5.56 Å². The van der Waals surface area contributed by atoms with Crippen LogP contribution in [-0.2, 0) is 9.53 Å². The van der Waals surface area contributed by atoms with Crippen LogP contribution in [0.25, 0.3) is 20.7 Å². The SMILES string of the molecule is COC(=O)CCCSc1nc2scc(-c3cccs3)c2c(=O)[nH]1. The van der Waals surface area contributed by atoms with Gasteiger partial charge in [-0.25, -0.2) is 4.98 Å². The highest BCUT2D eigenvalue weighted by Gasteiger charge is 2.13. The standard InChI is InChI=1S/C15H14N2O3S3/c1-20-11(18)5-3-7-22-15-16-13(19)12-9(8-23-14(12)17-15)10-4-2-6-21-10/h2,4,6,8H,3,5,7H2,1H3,(H,16,17,19). The van der Waals surface area contributed by atoms with Crippen molar-refractivity contribution >= 4 is 50.6 Å². The molecule has 0 atom stereocenters. The van der Waals surface area contributed by atoms with Gasteiger partial charge in [0.05, 0.1) is 12.5 Å². The number of fused-ring (bicyclic) bond motifs is 1. The first kappa shape index (κ1) is 16.2. The molecule has 0 amide bonds. The zero-order chi connectivity index (χ0) is 16.2. The van der Waals surface area contributed by atoms with Crippen LogP contribution in [0.5, 0.6) is 0 Å². The minimum absolute atomic E-state index is 0.116. The lowest BCUT2D eigenvalue weighted by Crippen LogP contribution is -2.08. The Balaban J connectivity index is 1.77. The number of H-pyrrole nitrogens is 1. The maximum absolute atomic E-state index is 12.4. The summed E-state index contributed by atoms with van der Waals surface area (Å²) in [6.07, 6.45) is 1.06. The molecule has 0 aliphatic carbocycles. The van der Waals surface area contributed by atoms with Gasteiger partial charge in [-0.2, -0.15) is 0 Å². The van der Waals surface area contributed by atoms with E-state index in [4.69, 9.17) is 0 Å². The summed E-state index contributed by atoms with van der Waals surface area (Å²) in [7, 11) is 1.38. The van der Waals surface area contributed by atoms with E-state index in [1.54, 1.807) is 11.3 Å². The van der Waals surface area contributed by atoms with Crippen molar-refractivity contribution in [3.8, 4) is 10.4 Å². The Morgan fingerprint density at radius 3 is 3.04 bits per heavy atom. The molecule has 0 radical (unpaired) electrons. The molecule has 0 bridgehead atoms. The fourth-order valence-electron chi connectivity index (χ4n) is 2.10. The van der Waals surface area contributed by atoms with Crippen LogP contribution in [0, 0.1) is 0 Å². The molecule has 3 heterocycles. The normalized spacial score (nSPS) is 11.0. The van der Waals surface area contributed by atoms with E-state index in [-0.39, 0.29) is 11.5 Å². The third-order valence-electron chi connectivity index (χ3n) is 3.20. The van der Waals surface area contributed by atoms with Crippen molar-refractivity contribution in [1.82, 2.24) is 9.97 Å². The number of nitrogens with one attached hydrogen (secondary N) is 1. The fourth-order valence-corrected chi connectivity index (χ4v) is 4.72. The topological polar surface area (TPSA) is 72.0 Å². The predicted molar refractivity (Wildman–Crippen MR) is 95.5 cm³/mol. The summed E-state index contributed by atoms with van der Waals surface area (Å²) in [6, 6.07) is 3.97. The van der Waals surface area contributed by atoms with E-state index < -0.39 is 0 Å². The minimum Gasteiger partial charge on any atom is -0.469 e. The molecule has 0 aliphatic heterocycles.